The number of nitrogens with two attached hydrogens (primary N) is 2. The Kier molecular flexibility index (Phi) is 7.14. The maximum atomic E-state index is 11.6. The molecule has 0 atom stereocenters. The SMILES string of the molecule is CCc1nc2ccc(Cl)nn2c1S(N)(=O)=O.CCc1nc2ccc(N(C)C)nn2c1S(N)(=O)=O. The summed E-state index contributed by atoms with van der Waals surface area (Å²) in [5.41, 5.74) is 1.70. The Morgan fingerprint density at radius 3 is 1.68 bits per heavy atom. The zero-order valence-electron chi connectivity index (χ0n) is 18.8. The maximum Gasteiger partial charge on any atom is 0.257 e. The second-order valence-corrected chi connectivity index (χ2v) is 10.6. The normalized spacial score (nSPS) is 12.1. The first-order valence-electron chi connectivity index (χ1n) is 9.93. The number of sulfonamides is 2. The summed E-state index contributed by atoms with van der Waals surface area (Å²) in [6, 6.07) is 6.62. The van der Waals surface area contributed by atoms with E-state index in [1.165, 1.54) is 10.6 Å². The molecule has 0 aromatic carbocycles. The minimum absolute atomic E-state index is 0.0382. The summed E-state index contributed by atoms with van der Waals surface area (Å²) in [7, 11) is -4.07. The monoisotopic (exact) mass is 529 g/mol. The van der Waals surface area contributed by atoms with Crippen LogP contribution >= 0.6 is 11.6 Å². The van der Waals surface area contributed by atoms with Crippen molar-refractivity contribution in [2.75, 3.05) is 19.0 Å². The lowest BCUT2D eigenvalue weighted by molar-refractivity contribution is 0.586. The number of anilines is 1. The average Bonchev–Trinajstić information content (AvgIpc) is 3.30. The zero-order valence-corrected chi connectivity index (χ0v) is 21.2. The minimum Gasteiger partial charge on any atom is -0.361 e. The molecule has 4 N–H and O–H groups in total. The van der Waals surface area contributed by atoms with Gasteiger partial charge in [0.2, 0.25) is 0 Å². The van der Waals surface area contributed by atoms with E-state index < -0.39 is 20.0 Å². The molecule has 4 aromatic heterocycles. The summed E-state index contributed by atoms with van der Waals surface area (Å²) in [5, 5.41) is 18.5. The van der Waals surface area contributed by atoms with Crippen molar-refractivity contribution in [3.8, 4) is 0 Å². The van der Waals surface area contributed by atoms with E-state index in [2.05, 4.69) is 20.2 Å². The number of aryl methyl sites for hydroxylation is 2. The van der Waals surface area contributed by atoms with Crippen molar-refractivity contribution in [2.45, 2.75) is 36.7 Å². The molecule has 0 saturated heterocycles. The average molecular weight is 530 g/mol. The molecule has 4 aromatic rings. The van der Waals surface area contributed by atoms with Crippen molar-refractivity contribution in [1.29, 1.82) is 0 Å². The molecule has 0 spiro atoms. The summed E-state index contributed by atoms with van der Waals surface area (Å²) in [5.74, 6) is 0.632. The van der Waals surface area contributed by atoms with Crippen LogP contribution in [0.3, 0.4) is 0 Å². The van der Waals surface area contributed by atoms with Crippen molar-refractivity contribution in [1.82, 2.24) is 29.2 Å². The Morgan fingerprint density at radius 1 is 0.824 bits per heavy atom. The second kappa shape index (κ2) is 9.42. The lowest BCUT2D eigenvalue weighted by Gasteiger charge is -2.10. The fourth-order valence-corrected chi connectivity index (χ4v) is 5.08. The van der Waals surface area contributed by atoms with E-state index in [1.807, 2.05) is 21.0 Å². The molecule has 0 amide bonds. The highest BCUT2D eigenvalue weighted by Crippen LogP contribution is 2.19. The van der Waals surface area contributed by atoms with Crippen molar-refractivity contribution < 1.29 is 16.8 Å². The third-order valence-electron chi connectivity index (χ3n) is 4.63. The van der Waals surface area contributed by atoms with Gasteiger partial charge in [-0.05, 0) is 37.1 Å². The van der Waals surface area contributed by atoms with Gasteiger partial charge < -0.3 is 4.90 Å². The van der Waals surface area contributed by atoms with Crippen molar-refractivity contribution in [2.24, 2.45) is 10.3 Å². The van der Waals surface area contributed by atoms with Crippen molar-refractivity contribution in [3.05, 3.63) is 40.8 Å². The minimum atomic E-state index is -3.87. The Labute approximate surface area is 201 Å². The maximum absolute atomic E-state index is 11.6. The van der Waals surface area contributed by atoms with E-state index in [1.54, 1.807) is 30.0 Å². The van der Waals surface area contributed by atoms with Crippen LogP contribution in [0.5, 0.6) is 0 Å². The molecule has 34 heavy (non-hydrogen) atoms. The number of nitrogens with zero attached hydrogens (tertiary/aromatic N) is 7. The number of fused-ring (bicyclic) bond motifs is 2. The quantitative estimate of drug-likeness (QED) is 0.373. The molecule has 184 valence electrons. The number of halogens is 1. The van der Waals surface area contributed by atoms with Gasteiger partial charge in [-0.15, -0.1) is 5.10 Å². The van der Waals surface area contributed by atoms with Gasteiger partial charge >= 0.3 is 0 Å². The first-order valence-corrected chi connectivity index (χ1v) is 13.4. The third-order valence-corrected chi connectivity index (χ3v) is 6.72. The van der Waals surface area contributed by atoms with Gasteiger partial charge in [-0.3, -0.25) is 0 Å². The molecule has 0 bridgehead atoms. The highest BCUT2D eigenvalue weighted by molar-refractivity contribution is 7.89. The van der Waals surface area contributed by atoms with Gasteiger partial charge in [0.15, 0.2) is 21.3 Å². The van der Waals surface area contributed by atoms with Crippen LogP contribution in [0.2, 0.25) is 5.15 Å². The summed E-state index contributed by atoms with van der Waals surface area (Å²) < 4.78 is 48.6. The summed E-state index contributed by atoms with van der Waals surface area (Å²) >= 11 is 5.70. The van der Waals surface area contributed by atoms with E-state index in [-0.39, 0.29) is 15.2 Å². The zero-order chi connectivity index (χ0) is 25.4. The first-order chi connectivity index (χ1) is 15.8. The molecule has 0 aliphatic carbocycles. The fraction of sp³-hybridized carbons (Fsp3) is 0.333. The second-order valence-electron chi connectivity index (χ2n) is 7.31. The summed E-state index contributed by atoms with van der Waals surface area (Å²) in [4.78, 5) is 10.1. The van der Waals surface area contributed by atoms with Gasteiger partial charge in [-0.1, -0.05) is 25.4 Å². The number of rotatable bonds is 5. The Morgan fingerprint density at radius 2 is 1.26 bits per heavy atom. The van der Waals surface area contributed by atoms with E-state index in [0.717, 1.165) is 4.52 Å². The predicted octanol–water partition coefficient (Wildman–Crippen LogP) is 0.598. The Hall–Kier alpha value is -2.85. The number of primary sulfonamides is 2. The Bertz CT molecular complexity index is 1580. The molecule has 0 radical (unpaired) electrons. The predicted molar refractivity (Wildman–Crippen MR) is 127 cm³/mol. The molecule has 0 aliphatic rings. The van der Waals surface area contributed by atoms with Gasteiger partial charge in [0.25, 0.3) is 20.0 Å². The van der Waals surface area contributed by atoms with E-state index >= 15 is 0 Å². The number of aromatic nitrogens is 6. The van der Waals surface area contributed by atoms with Crippen LogP contribution in [-0.4, -0.2) is 60.1 Å². The third kappa shape index (κ3) is 5.12. The largest absolute Gasteiger partial charge is 0.361 e. The molecule has 4 heterocycles. The van der Waals surface area contributed by atoms with Crippen LogP contribution in [0.4, 0.5) is 5.82 Å². The van der Waals surface area contributed by atoms with Crippen LogP contribution in [0.1, 0.15) is 25.2 Å². The molecule has 16 heteroatoms. The molecule has 4 rings (SSSR count). The lowest BCUT2D eigenvalue weighted by Crippen LogP contribution is -2.19. The van der Waals surface area contributed by atoms with Gasteiger partial charge in [0.1, 0.15) is 11.0 Å². The topological polar surface area (TPSA) is 184 Å². The molecule has 0 unspecified atom stereocenters. The smallest absolute Gasteiger partial charge is 0.257 e. The first kappa shape index (κ1) is 25.8. The highest BCUT2D eigenvalue weighted by Gasteiger charge is 2.23. The summed E-state index contributed by atoms with van der Waals surface area (Å²) in [6.45, 7) is 3.61. The molecular formula is C18H24ClN9O4S2. The molecular weight excluding hydrogens is 506 g/mol. The van der Waals surface area contributed by atoms with Crippen LogP contribution in [0.15, 0.2) is 34.3 Å². The van der Waals surface area contributed by atoms with E-state index in [9.17, 15) is 16.8 Å². The lowest BCUT2D eigenvalue weighted by atomic mass is 10.4. The van der Waals surface area contributed by atoms with Crippen LogP contribution in [0.25, 0.3) is 11.3 Å². The molecule has 0 saturated carbocycles. The summed E-state index contributed by atoms with van der Waals surface area (Å²) in [6.07, 6.45) is 0.930. The standard InChI is InChI=1S/C10H15N5O2S.C8H9ClN4O2S/c1-4-7-10(18(11,16)17)15-8(12-7)5-6-9(13-15)14(2)3;1-2-5-8(16(10,14)15)13-7(11-5)4-3-6(9)12-13/h5-6H,4H2,1-3H3,(H2,11,16,17);3-4H,2H2,1H3,(H2,10,14,15). The molecule has 0 fully saturated rings. The van der Waals surface area contributed by atoms with Gasteiger partial charge in [0, 0.05) is 14.1 Å². The molecule has 13 nitrogen and oxygen atoms in total. The van der Waals surface area contributed by atoms with E-state index in [4.69, 9.17) is 21.9 Å². The van der Waals surface area contributed by atoms with E-state index in [0.29, 0.717) is 41.3 Å². The Balaban J connectivity index is 0.000000192. The number of hydrogen-bond acceptors (Lipinski definition) is 9. The van der Waals surface area contributed by atoms with Crippen LogP contribution in [0, 0.1) is 0 Å². The molecule has 0 aliphatic heterocycles. The fourth-order valence-electron chi connectivity index (χ4n) is 3.15. The van der Waals surface area contributed by atoms with Crippen molar-refractivity contribution >= 4 is 48.8 Å². The highest BCUT2D eigenvalue weighted by atomic mass is 35.5. The number of hydrogen-bond donors (Lipinski definition) is 2. The van der Waals surface area contributed by atoms with Gasteiger partial charge in [-0.25, -0.2) is 37.1 Å². The van der Waals surface area contributed by atoms with Gasteiger partial charge in [-0.2, -0.15) is 14.1 Å². The van der Waals surface area contributed by atoms with Crippen molar-refractivity contribution in [3.63, 3.8) is 0 Å². The number of imidazole rings is 2. The van der Waals surface area contributed by atoms with Crippen LogP contribution in [-0.2, 0) is 32.9 Å². The van der Waals surface area contributed by atoms with Crippen LogP contribution < -0.4 is 15.2 Å². The van der Waals surface area contributed by atoms with Gasteiger partial charge in [0.05, 0.1) is 11.4 Å².